The lowest BCUT2D eigenvalue weighted by Crippen LogP contribution is -1.76. The number of nitriles is 1. The molecule has 2 aromatic carbocycles. The van der Waals surface area contributed by atoms with Gasteiger partial charge in [-0.15, -0.1) is 0 Å². The molecule has 0 aliphatic heterocycles. The van der Waals surface area contributed by atoms with E-state index in [4.69, 9.17) is 10.4 Å². The molecule has 0 spiro atoms. The molecule has 0 atom stereocenters. The minimum Gasteiger partial charge on any atom is -0.508 e. The molecule has 2 nitrogen and oxygen atoms in total. The van der Waals surface area contributed by atoms with E-state index in [1.54, 1.807) is 30.0 Å². The topological polar surface area (TPSA) is 44.0 Å². The highest BCUT2D eigenvalue weighted by Crippen LogP contribution is 2.29. The molecule has 2 aromatic rings. The van der Waals surface area contributed by atoms with Gasteiger partial charge in [-0.05, 0) is 42.5 Å². The summed E-state index contributed by atoms with van der Waals surface area (Å²) < 4.78 is 0. The molecule has 0 aromatic heterocycles. The fraction of sp³-hybridized carbons (Fsp3) is 0. The van der Waals surface area contributed by atoms with Gasteiger partial charge in [0.15, 0.2) is 0 Å². The number of nitrogens with zero attached hydrogens (tertiary/aromatic N) is 1. The zero-order valence-electron chi connectivity index (χ0n) is 8.42. The molecule has 0 saturated heterocycles. The highest BCUT2D eigenvalue weighted by molar-refractivity contribution is 7.99. The van der Waals surface area contributed by atoms with Gasteiger partial charge in [0.05, 0.1) is 11.6 Å². The fourth-order valence-electron chi connectivity index (χ4n) is 1.28. The van der Waals surface area contributed by atoms with Gasteiger partial charge in [-0.25, -0.2) is 0 Å². The molecule has 0 unspecified atom stereocenters. The quantitative estimate of drug-likeness (QED) is 0.855. The van der Waals surface area contributed by atoms with Crippen LogP contribution in [0.3, 0.4) is 0 Å². The van der Waals surface area contributed by atoms with Crippen LogP contribution in [0.5, 0.6) is 5.75 Å². The summed E-state index contributed by atoms with van der Waals surface area (Å²) in [5, 5.41) is 17.9. The lowest BCUT2D eigenvalue weighted by molar-refractivity contribution is 0.475. The van der Waals surface area contributed by atoms with E-state index < -0.39 is 0 Å². The van der Waals surface area contributed by atoms with E-state index in [-0.39, 0.29) is 5.75 Å². The summed E-state index contributed by atoms with van der Waals surface area (Å²) in [6.07, 6.45) is 0. The summed E-state index contributed by atoms with van der Waals surface area (Å²) in [7, 11) is 0. The maximum atomic E-state index is 9.15. The monoisotopic (exact) mass is 227 g/mol. The van der Waals surface area contributed by atoms with E-state index in [9.17, 15) is 0 Å². The van der Waals surface area contributed by atoms with Crippen molar-refractivity contribution < 1.29 is 5.11 Å². The van der Waals surface area contributed by atoms with Crippen LogP contribution < -0.4 is 0 Å². The number of phenolic OH excluding ortho intramolecular Hbond substituents is 1. The number of hydrogen-bond acceptors (Lipinski definition) is 3. The van der Waals surface area contributed by atoms with Crippen molar-refractivity contribution in [2.75, 3.05) is 0 Å². The van der Waals surface area contributed by atoms with E-state index >= 15 is 0 Å². The predicted octanol–water partition coefficient (Wildman–Crippen LogP) is 3.42. The molecule has 0 aliphatic rings. The molecule has 0 aliphatic carbocycles. The standard InChI is InChI=1S/C13H9NOS/c14-9-10-2-1-3-13(8-10)16-12-6-4-11(15)5-7-12/h1-8,15H. The zero-order valence-corrected chi connectivity index (χ0v) is 9.24. The van der Waals surface area contributed by atoms with Crippen molar-refractivity contribution in [2.45, 2.75) is 9.79 Å². The van der Waals surface area contributed by atoms with E-state index in [1.165, 1.54) is 0 Å². The molecule has 0 heterocycles. The Balaban J connectivity index is 2.21. The maximum absolute atomic E-state index is 9.15. The minimum atomic E-state index is 0.259. The minimum absolute atomic E-state index is 0.259. The Bertz CT molecular complexity index is 528. The normalized spacial score (nSPS) is 9.69. The lowest BCUT2D eigenvalue weighted by atomic mass is 10.2. The number of hydrogen-bond donors (Lipinski definition) is 1. The maximum Gasteiger partial charge on any atom is 0.115 e. The number of aromatic hydroxyl groups is 1. The van der Waals surface area contributed by atoms with Crippen molar-refractivity contribution in [3.8, 4) is 11.8 Å². The third kappa shape index (κ3) is 2.56. The summed E-state index contributed by atoms with van der Waals surface area (Å²) in [4.78, 5) is 2.05. The SMILES string of the molecule is N#Cc1cccc(Sc2ccc(O)cc2)c1. The van der Waals surface area contributed by atoms with Gasteiger partial charge in [0.25, 0.3) is 0 Å². The number of benzene rings is 2. The second-order valence-corrected chi connectivity index (χ2v) is 4.38. The molecular formula is C13H9NOS. The second-order valence-electron chi connectivity index (χ2n) is 3.24. The Morgan fingerprint density at radius 2 is 1.75 bits per heavy atom. The van der Waals surface area contributed by atoms with Gasteiger partial charge in [0.2, 0.25) is 0 Å². The molecule has 16 heavy (non-hydrogen) atoms. The molecule has 1 N–H and O–H groups in total. The first-order valence-electron chi connectivity index (χ1n) is 4.75. The lowest BCUT2D eigenvalue weighted by Gasteiger charge is -2.01. The third-order valence-corrected chi connectivity index (χ3v) is 3.03. The molecule has 0 bridgehead atoms. The molecule has 0 fully saturated rings. The molecular weight excluding hydrogens is 218 g/mol. The fourth-order valence-corrected chi connectivity index (χ4v) is 2.16. The van der Waals surface area contributed by atoms with Gasteiger partial charge >= 0.3 is 0 Å². The first-order chi connectivity index (χ1) is 7.78. The molecule has 0 radical (unpaired) electrons. The summed E-state index contributed by atoms with van der Waals surface area (Å²) >= 11 is 1.56. The Labute approximate surface area is 98.2 Å². The van der Waals surface area contributed by atoms with Crippen LogP contribution in [0.2, 0.25) is 0 Å². The highest BCUT2D eigenvalue weighted by atomic mass is 32.2. The van der Waals surface area contributed by atoms with Crippen molar-refractivity contribution >= 4 is 11.8 Å². The van der Waals surface area contributed by atoms with Crippen molar-refractivity contribution in [1.29, 1.82) is 5.26 Å². The summed E-state index contributed by atoms with van der Waals surface area (Å²) in [5.74, 6) is 0.259. The Kier molecular flexibility index (Phi) is 3.13. The smallest absolute Gasteiger partial charge is 0.115 e. The summed E-state index contributed by atoms with van der Waals surface area (Å²) in [6, 6.07) is 16.5. The van der Waals surface area contributed by atoms with Crippen molar-refractivity contribution in [2.24, 2.45) is 0 Å². The average molecular weight is 227 g/mol. The van der Waals surface area contributed by atoms with Crippen LogP contribution in [-0.4, -0.2) is 5.11 Å². The number of rotatable bonds is 2. The largest absolute Gasteiger partial charge is 0.508 e. The zero-order chi connectivity index (χ0) is 11.4. The Hall–Kier alpha value is -1.92. The highest BCUT2D eigenvalue weighted by Gasteiger charge is 1.98. The van der Waals surface area contributed by atoms with Crippen molar-refractivity contribution in [3.05, 3.63) is 54.1 Å². The van der Waals surface area contributed by atoms with Gasteiger partial charge < -0.3 is 5.11 Å². The number of phenols is 1. The van der Waals surface area contributed by atoms with Gasteiger partial charge in [-0.1, -0.05) is 17.8 Å². The van der Waals surface area contributed by atoms with Crippen LogP contribution in [0.1, 0.15) is 5.56 Å². The molecule has 3 heteroatoms. The predicted molar refractivity (Wildman–Crippen MR) is 63.4 cm³/mol. The van der Waals surface area contributed by atoms with Crippen LogP contribution in [0.15, 0.2) is 58.3 Å². The summed E-state index contributed by atoms with van der Waals surface area (Å²) in [6.45, 7) is 0. The average Bonchev–Trinajstić information content (AvgIpc) is 2.32. The van der Waals surface area contributed by atoms with Gasteiger partial charge in [0.1, 0.15) is 5.75 Å². The van der Waals surface area contributed by atoms with Crippen LogP contribution in [0, 0.1) is 11.3 Å². The van der Waals surface area contributed by atoms with Gasteiger partial charge in [0, 0.05) is 9.79 Å². The van der Waals surface area contributed by atoms with Crippen LogP contribution >= 0.6 is 11.8 Å². The first-order valence-corrected chi connectivity index (χ1v) is 5.56. The Morgan fingerprint density at radius 3 is 2.44 bits per heavy atom. The molecule has 2 rings (SSSR count). The van der Waals surface area contributed by atoms with Crippen LogP contribution in [0.25, 0.3) is 0 Å². The van der Waals surface area contributed by atoms with Crippen LogP contribution in [-0.2, 0) is 0 Å². The molecule has 0 saturated carbocycles. The van der Waals surface area contributed by atoms with E-state index in [2.05, 4.69) is 6.07 Å². The van der Waals surface area contributed by atoms with E-state index in [1.807, 2.05) is 30.3 Å². The van der Waals surface area contributed by atoms with Gasteiger partial charge in [-0.2, -0.15) is 5.26 Å². The second kappa shape index (κ2) is 4.73. The van der Waals surface area contributed by atoms with Gasteiger partial charge in [-0.3, -0.25) is 0 Å². The molecule has 0 amide bonds. The van der Waals surface area contributed by atoms with Crippen molar-refractivity contribution in [1.82, 2.24) is 0 Å². The summed E-state index contributed by atoms with van der Waals surface area (Å²) in [5.41, 5.74) is 0.656. The molecule has 78 valence electrons. The van der Waals surface area contributed by atoms with Crippen LogP contribution in [0.4, 0.5) is 0 Å². The van der Waals surface area contributed by atoms with E-state index in [0.717, 1.165) is 9.79 Å². The van der Waals surface area contributed by atoms with E-state index in [0.29, 0.717) is 5.56 Å². The van der Waals surface area contributed by atoms with Crippen molar-refractivity contribution in [3.63, 3.8) is 0 Å². The Morgan fingerprint density at radius 1 is 1.00 bits per heavy atom. The third-order valence-electron chi connectivity index (χ3n) is 2.04. The first kappa shape index (κ1) is 10.6.